The van der Waals surface area contributed by atoms with E-state index in [1.807, 2.05) is 6.07 Å². The highest BCUT2D eigenvalue weighted by atomic mass is 19.1. The molecule has 0 aliphatic carbocycles. The minimum absolute atomic E-state index is 0.144. The third-order valence-electron chi connectivity index (χ3n) is 4.16. The monoisotopic (exact) mass is 345 g/mol. The topological polar surface area (TPSA) is 56.8 Å². The lowest BCUT2D eigenvalue weighted by Crippen LogP contribution is -2.33. The molecule has 1 unspecified atom stereocenters. The third kappa shape index (κ3) is 3.84. The van der Waals surface area contributed by atoms with Gasteiger partial charge in [-0.1, -0.05) is 6.07 Å². The predicted molar refractivity (Wildman–Crippen MR) is 90.6 cm³/mol. The Balaban J connectivity index is 1.71. The molecule has 0 saturated carbocycles. The number of carbonyl (C=O) groups excluding carboxylic acids is 1. The lowest BCUT2D eigenvalue weighted by atomic mass is 10.00. The molecule has 132 valence electrons. The molecule has 0 fully saturated rings. The van der Waals surface area contributed by atoms with Crippen LogP contribution in [0, 0.1) is 5.82 Å². The minimum atomic E-state index is -0.344. The summed E-state index contributed by atoms with van der Waals surface area (Å²) in [5, 5.41) is 2.96. The smallest absolute Gasteiger partial charge is 0.224 e. The molecule has 0 spiro atoms. The Kier molecular flexibility index (Phi) is 5.07. The van der Waals surface area contributed by atoms with Crippen LogP contribution in [0.4, 0.5) is 4.39 Å². The highest BCUT2D eigenvalue weighted by Crippen LogP contribution is 2.32. The zero-order valence-corrected chi connectivity index (χ0v) is 14.2. The van der Waals surface area contributed by atoms with Gasteiger partial charge in [-0.15, -0.1) is 0 Å². The summed E-state index contributed by atoms with van der Waals surface area (Å²) in [6.45, 7) is 0.486. The van der Waals surface area contributed by atoms with Crippen LogP contribution in [0.5, 0.6) is 17.2 Å². The van der Waals surface area contributed by atoms with Crippen LogP contribution in [0.3, 0.4) is 0 Å². The molecule has 0 radical (unpaired) electrons. The molecule has 2 aromatic carbocycles. The number of rotatable bonds is 5. The fraction of sp³-hybridized carbons (Fsp3) is 0.316. The fourth-order valence-corrected chi connectivity index (χ4v) is 2.94. The maximum Gasteiger partial charge on any atom is 0.224 e. The average molecular weight is 345 g/mol. The van der Waals surface area contributed by atoms with Gasteiger partial charge in [0.2, 0.25) is 5.91 Å². The van der Waals surface area contributed by atoms with E-state index in [2.05, 4.69) is 5.32 Å². The summed E-state index contributed by atoms with van der Waals surface area (Å²) in [5.41, 5.74) is 1.48. The fourth-order valence-electron chi connectivity index (χ4n) is 2.94. The molecule has 3 rings (SSSR count). The largest absolute Gasteiger partial charge is 0.493 e. The molecule has 1 amide bonds. The Morgan fingerprint density at radius 1 is 1.20 bits per heavy atom. The summed E-state index contributed by atoms with van der Waals surface area (Å²) in [7, 11) is 3.11. The standard InChI is InChI=1S/C19H20FNO4/c1-23-17-5-3-12(9-18(17)24-2)10-19(22)21-15-7-8-25-16-6-4-13(20)11-14(15)16/h3-6,9,11,15H,7-8,10H2,1-2H3,(H,21,22). The molecule has 0 aromatic heterocycles. The quantitative estimate of drug-likeness (QED) is 0.905. The van der Waals surface area contributed by atoms with Crippen molar-refractivity contribution in [2.75, 3.05) is 20.8 Å². The number of methoxy groups -OCH3 is 2. The first kappa shape index (κ1) is 17.1. The highest BCUT2D eigenvalue weighted by Gasteiger charge is 2.23. The van der Waals surface area contributed by atoms with Crippen LogP contribution in [0.15, 0.2) is 36.4 Å². The van der Waals surface area contributed by atoms with E-state index in [1.54, 1.807) is 32.4 Å². The number of amides is 1. The minimum Gasteiger partial charge on any atom is -0.493 e. The van der Waals surface area contributed by atoms with Crippen LogP contribution in [0.25, 0.3) is 0 Å². The van der Waals surface area contributed by atoms with Gasteiger partial charge in [0, 0.05) is 12.0 Å². The zero-order valence-electron chi connectivity index (χ0n) is 14.2. The van der Waals surface area contributed by atoms with Crippen molar-refractivity contribution in [3.05, 3.63) is 53.3 Å². The first-order valence-corrected chi connectivity index (χ1v) is 8.03. The second kappa shape index (κ2) is 7.42. The molecular weight excluding hydrogens is 325 g/mol. The van der Waals surface area contributed by atoms with Crippen molar-refractivity contribution in [1.29, 1.82) is 0 Å². The van der Waals surface area contributed by atoms with E-state index in [1.165, 1.54) is 12.1 Å². The summed E-state index contributed by atoms with van der Waals surface area (Å²) in [5.74, 6) is 1.31. The number of carbonyl (C=O) groups is 1. The van der Waals surface area contributed by atoms with Gasteiger partial charge < -0.3 is 19.5 Å². The number of nitrogens with one attached hydrogen (secondary N) is 1. The Morgan fingerprint density at radius 2 is 2.00 bits per heavy atom. The van der Waals surface area contributed by atoms with Crippen molar-refractivity contribution >= 4 is 5.91 Å². The van der Waals surface area contributed by atoms with Crippen molar-refractivity contribution < 1.29 is 23.4 Å². The van der Waals surface area contributed by atoms with Crippen LogP contribution in [0.2, 0.25) is 0 Å². The Labute approximate surface area is 145 Å². The summed E-state index contributed by atoms with van der Waals surface area (Å²) in [4.78, 5) is 12.4. The average Bonchev–Trinajstić information content (AvgIpc) is 2.62. The molecule has 0 bridgehead atoms. The Hall–Kier alpha value is -2.76. The van der Waals surface area contributed by atoms with Crippen LogP contribution in [-0.2, 0) is 11.2 Å². The summed E-state index contributed by atoms with van der Waals surface area (Å²) in [6.07, 6.45) is 0.802. The molecule has 1 aliphatic heterocycles. The van der Waals surface area contributed by atoms with Crippen LogP contribution in [0.1, 0.15) is 23.6 Å². The maximum atomic E-state index is 13.5. The second-order valence-electron chi connectivity index (χ2n) is 5.81. The number of fused-ring (bicyclic) bond motifs is 1. The number of hydrogen-bond acceptors (Lipinski definition) is 4. The van der Waals surface area contributed by atoms with Gasteiger partial charge in [0.25, 0.3) is 0 Å². The van der Waals surface area contributed by atoms with E-state index in [0.717, 1.165) is 5.56 Å². The second-order valence-corrected chi connectivity index (χ2v) is 5.81. The lowest BCUT2D eigenvalue weighted by Gasteiger charge is -2.26. The van der Waals surface area contributed by atoms with Gasteiger partial charge in [-0.3, -0.25) is 4.79 Å². The molecule has 1 atom stereocenters. The summed E-state index contributed by atoms with van der Waals surface area (Å²) < 4.78 is 29.5. The first-order valence-electron chi connectivity index (χ1n) is 8.03. The van der Waals surface area contributed by atoms with Gasteiger partial charge >= 0.3 is 0 Å². The van der Waals surface area contributed by atoms with E-state index < -0.39 is 0 Å². The molecule has 1 N–H and O–H groups in total. The van der Waals surface area contributed by atoms with Crippen molar-refractivity contribution in [2.45, 2.75) is 18.9 Å². The van der Waals surface area contributed by atoms with Gasteiger partial charge in [-0.2, -0.15) is 0 Å². The van der Waals surface area contributed by atoms with Crippen molar-refractivity contribution in [3.8, 4) is 17.2 Å². The molecule has 5 nitrogen and oxygen atoms in total. The zero-order chi connectivity index (χ0) is 17.8. The molecule has 25 heavy (non-hydrogen) atoms. The van der Waals surface area contributed by atoms with Crippen LogP contribution >= 0.6 is 0 Å². The summed E-state index contributed by atoms with van der Waals surface area (Å²) in [6, 6.07) is 9.46. The molecule has 1 aliphatic rings. The summed E-state index contributed by atoms with van der Waals surface area (Å²) >= 11 is 0. The van der Waals surface area contributed by atoms with Gasteiger partial charge in [0.1, 0.15) is 11.6 Å². The van der Waals surface area contributed by atoms with Crippen molar-refractivity contribution in [1.82, 2.24) is 5.32 Å². The molecular formula is C19H20FNO4. The molecule has 0 saturated heterocycles. The van der Waals surface area contributed by atoms with Gasteiger partial charge in [-0.25, -0.2) is 4.39 Å². The third-order valence-corrected chi connectivity index (χ3v) is 4.16. The SMILES string of the molecule is COc1ccc(CC(=O)NC2CCOc3ccc(F)cc32)cc1OC. The predicted octanol–water partition coefficient (Wildman–Crippen LogP) is 3.03. The van der Waals surface area contributed by atoms with E-state index in [9.17, 15) is 9.18 Å². The maximum absolute atomic E-state index is 13.5. The van der Waals surface area contributed by atoms with Crippen molar-refractivity contribution in [3.63, 3.8) is 0 Å². The van der Waals surface area contributed by atoms with E-state index >= 15 is 0 Å². The van der Waals surface area contributed by atoms with Crippen LogP contribution in [-0.4, -0.2) is 26.7 Å². The Morgan fingerprint density at radius 3 is 2.76 bits per heavy atom. The van der Waals surface area contributed by atoms with E-state index in [0.29, 0.717) is 35.8 Å². The number of ether oxygens (including phenoxy) is 3. The van der Waals surface area contributed by atoms with Gasteiger partial charge in [-0.05, 0) is 35.9 Å². The van der Waals surface area contributed by atoms with Gasteiger partial charge in [0.05, 0.1) is 33.3 Å². The van der Waals surface area contributed by atoms with E-state index in [-0.39, 0.29) is 24.2 Å². The van der Waals surface area contributed by atoms with Crippen molar-refractivity contribution in [2.24, 2.45) is 0 Å². The van der Waals surface area contributed by atoms with E-state index in [4.69, 9.17) is 14.2 Å². The number of halogens is 1. The molecule has 1 heterocycles. The molecule has 6 heteroatoms. The first-order chi connectivity index (χ1) is 12.1. The lowest BCUT2D eigenvalue weighted by molar-refractivity contribution is -0.121. The number of benzene rings is 2. The Bertz CT molecular complexity index is 778. The number of hydrogen-bond donors (Lipinski definition) is 1. The van der Waals surface area contributed by atoms with Gasteiger partial charge in [0.15, 0.2) is 11.5 Å². The molecule has 2 aromatic rings. The highest BCUT2D eigenvalue weighted by molar-refractivity contribution is 5.79. The van der Waals surface area contributed by atoms with Crippen LogP contribution < -0.4 is 19.5 Å². The normalized spacial score (nSPS) is 15.7.